The quantitative estimate of drug-likeness (QED) is 0.668. The first-order valence-corrected chi connectivity index (χ1v) is 7.27. The second-order valence-corrected chi connectivity index (χ2v) is 4.49. The third-order valence-electron chi connectivity index (χ3n) is 2.66. The largest absolute Gasteiger partial charge is 0.472 e. The van der Waals surface area contributed by atoms with Crippen LogP contribution in [0.1, 0.15) is 35.3 Å². The van der Waals surface area contributed by atoms with E-state index < -0.39 is 0 Å². The molecule has 7 heteroatoms. The molecule has 0 radical (unpaired) electrons. The molecule has 0 saturated carbocycles. The van der Waals surface area contributed by atoms with Crippen LogP contribution in [0.4, 0.5) is 0 Å². The zero-order chi connectivity index (χ0) is 15.8. The summed E-state index contributed by atoms with van der Waals surface area (Å²) in [5, 5.41) is 3.98. The molecule has 0 fully saturated rings. The number of aromatic nitrogens is 2. The molecule has 2 aromatic rings. The number of ether oxygens (including phenoxy) is 1. The minimum absolute atomic E-state index is 0.233. The van der Waals surface area contributed by atoms with E-state index in [2.05, 4.69) is 22.7 Å². The van der Waals surface area contributed by atoms with E-state index in [1.54, 1.807) is 24.4 Å². The van der Waals surface area contributed by atoms with Gasteiger partial charge in [0.1, 0.15) is 6.61 Å². The molecule has 21 heavy (non-hydrogen) atoms. The summed E-state index contributed by atoms with van der Waals surface area (Å²) >= 11 is 9.38. The van der Waals surface area contributed by atoms with Crippen molar-refractivity contribution in [1.29, 1.82) is 0 Å². The van der Waals surface area contributed by atoms with Gasteiger partial charge in [-0.05, 0) is 31.4 Å². The van der Waals surface area contributed by atoms with Gasteiger partial charge in [0.2, 0.25) is 5.88 Å². The number of aryl methyl sites for hydroxylation is 1. The van der Waals surface area contributed by atoms with Gasteiger partial charge in [-0.15, -0.1) is 5.10 Å². The van der Waals surface area contributed by atoms with Crippen molar-refractivity contribution in [1.82, 2.24) is 14.0 Å². The van der Waals surface area contributed by atoms with Crippen LogP contribution in [0.3, 0.4) is 0 Å². The Hall–Kier alpha value is -1.66. The Morgan fingerprint density at radius 3 is 2.71 bits per heavy atom. The minimum Gasteiger partial charge on any atom is -0.472 e. The summed E-state index contributed by atoms with van der Waals surface area (Å²) in [5.74, 6) is 0.0826. The van der Waals surface area contributed by atoms with E-state index in [0.29, 0.717) is 11.4 Å². The molecular formula is C14H18ClN3O2S. The Labute approximate surface area is 134 Å². The highest BCUT2D eigenvalue weighted by molar-refractivity contribution is 7.78. The highest BCUT2D eigenvalue weighted by atomic mass is 35.5. The summed E-state index contributed by atoms with van der Waals surface area (Å²) in [6.45, 7) is 6.14. The van der Waals surface area contributed by atoms with Gasteiger partial charge in [-0.2, -0.15) is 0 Å². The Kier molecular flexibility index (Phi) is 7.11. The number of nitrogens with one attached hydrogen (secondary N) is 1. The third-order valence-corrected chi connectivity index (χ3v) is 3.05. The van der Waals surface area contributed by atoms with Gasteiger partial charge < -0.3 is 4.74 Å². The van der Waals surface area contributed by atoms with Gasteiger partial charge in [0, 0.05) is 35.2 Å². The number of thiol groups is 1. The lowest BCUT2D eigenvalue weighted by Crippen LogP contribution is -2.16. The maximum atomic E-state index is 11.7. The third kappa shape index (κ3) is 4.68. The van der Waals surface area contributed by atoms with Crippen LogP contribution in [0.5, 0.6) is 5.88 Å². The number of halogens is 1. The van der Waals surface area contributed by atoms with Gasteiger partial charge in [0.05, 0.1) is 0 Å². The second kappa shape index (κ2) is 8.59. The van der Waals surface area contributed by atoms with Crippen molar-refractivity contribution in [3.05, 3.63) is 47.2 Å². The number of amides is 1. The Bertz CT molecular complexity index is 602. The van der Waals surface area contributed by atoms with Crippen LogP contribution in [0.25, 0.3) is 0 Å². The summed E-state index contributed by atoms with van der Waals surface area (Å²) < 4.78 is 6.87. The van der Waals surface area contributed by atoms with Gasteiger partial charge in [-0.3, -0.25) is 9.63 Å². The first kappa shape index (κ1) is 17.4. The standard InChI is InChI=1S/C12H12ClN3O2S.C2H6/c1-8-3-2-4-9(12(17)14-13)10(8)7-18-11-5-6-16(19)15-11;1-2/h2-6,19H,7H2,1H3,(H,14,17);1-2H3. The Balaban J connectivity index is 0.00000106. The normalized spacial score (nSPS) is 9.57. The predicted molar refractivity (Wildman–Crippen MR) is 86.8 cm³/mol. The number of carbonyl (C=O) groups is 1. The highest BCUT2D eigenvalue weighted by Crippen LogP contribution is 2.17. The smallest absolute Gasteiger partial charge is 0.266 e. The highest BCUT2D eigenvalue weighted by Gasteiger charge is 2.13. The maximum absolute atomic E-state index is 11.7. The number of nitrogens with zero attached hydrogens (tertiary/aromatic N) is 2. The number of benzene rings is 1. The van der Waals surface area contributed by atoms with Gasteiger partial charge in [-0.25, -0.2) is 4.09 Å². The number of carbonyl (C=O) groups excluding carboxylic acids is 1. The molecular weight excluding hydrogens is 310 g/mol. The van der Waals surface area contributed by atoms with Gasteiger partial charge >= 0.3 is 0 Å². The molecule has 1 aromatic carbocycles. The van der Waals surface area contributed by atoms with Crippen molar-refractivity contribution >= 4 is 30.5 Å². The first-order chi connectivity index (χ1) is 10.1. The van der Waals surface area contributed by atoms with E-state index in [9.17, 15) is 4.79 Å². The number of hydrogen-bond acceptors (Lipinski definition) is 4. The van der Waals surface area contributed by atoms with Gasteiger partial charge in [0.25, 0.3) is 5.91 Å². The van der Waals surface area contributed by atoms with Crippen molar-refractivity contribution in [3.8, 4) is 5.88 Å². The lowest BCUT2D eigenvalue weighted by molar-refractivity contribution is 0.0979. The summed E-state index contributed by atoms with van der Waals surface area (Å²) in [4.78, 5) is 13.8. The van der Waals surface area contributed by atoms with Gasteiger partial charge in [0.15, 0.2) is 0 Å². The van der Waals surface area contributed by atoms with E-state index in [0.717, 1.165) is 11.1 Å². The molecule has 1 aromatic heterocycles. The maximum Gasteiger partial charge on any atom is 0.266 e. The molecule has 2 rings (SSSR count). The van der Waals surface area contributed by atoms with E-state index in [4.69, 9.17) is 16.5 Å². The van der Waals surface area contributed by atoms with E-state index >= 15 is 0 Å². The summed E-state index contributed by atoms with van der Waals surface area (Å²) in [5.41, 5.74) is 2.21. The number of hydrogen-bond donors (Lipinski definition) is 2. The van der Waals surface area contributed by atoms with Crippen molar-refractivity contribution in [2.45, 2.75) is 27.4 Å². The molecule has 114 valence electrons. The molecule has 0 spiro atoms. The van der Waals surface area contributed by atoms with Crippen LogP contribution < -0.4 is 9.57 Å². The summed E-state index contributed by atoms with van der Waals surface area (Å²) in [7, 11) is 0. The fraction of sp³-hybridized carbons (Fsp3) is 0.286. The molecule has 0 aliphatic carbocycles. The summed E-state index contributed by atoms with van der Waals surface area (Å²) in [6.07, 6.45) is 1.66. The van der Waals surface area contributed by atoms with E-state index in [1.165, 1.54) is 4.09 Å². The van der Waals surface area contributed by atoms with E-state index in [-0.39, 0.29) is 12.5 Å². The molecule has 0 aliphatic heterocycles. The molecule has 0 aliphatic rings. The second-order valence-electron chi connectivity index (χ2n) is 3.89. The number of rotatable bonds is 4. The fourth-order valence-electron chi connectivity index (χ4n) is 1.68. The monoisotopic (exact) mass is 327 g/mol. The molecule has 0 bridgehead atoms. The average molecular weight is 328 g/mol. The summed E-state index contributed by atoms with van der Waals surface area (Å²) in [6, 6.07) is 7.08. The molecule has 1 amide bonds. The molecule has 0 unspecified atom stereocenters. The van der Waals surface area contributed by atoms with Crippen LogP contribution in [-0.2, 0) is 6.61 Å². The molecule has 0 atom stereocenters. The molecule has 1 heterocycles. The lowest BCUT2D eigenvalue weighted by atomic mass is 10.0. The van der Waals surface area contributed by atoms with Crippen LogP contribution in [0.2, 0.25) is 0 Å². The first-order valence-electron chi connectivity index (χ1n) is 6.49. The topological polar surface area (TPSA) is 56.1 Å². The zero-order valence-electron chi connectivity index (χ0n) is 12.1. The van der Waals surface area contributed by atoms with Crippen LogP contribution in [0.15, 0.2) is 30.5 Å². The van der Waals surface area contributed by atoms with Crippen molar-refractivity contribution < 1.29 is 9.53 Å². The molecule has 1 N–H and O–H groups in total. The minimum atomic E-state index is -0.358. The zero-order valence-corrected chi connectivity index (χ0v) is 13.8. The lowest BCUT2D eigenvalue weighted by Gasteiger charge is -2.11. The average Bonchev–Trinajstić information content (AvgIpc) is 2.92. The molecule has 0 saturated heterocycles. The van der Waals surface area contributed by atoms with Crippen LogP contribution >= 0.6 is 24.6 Å². The predicted octanol–water partition coefficient (Wildman–Crippen LogP) is 3.37. The van der Waals surface area contributed by atoms with E-state index in [1.807, 2.05) is 26.8 Å². The van der Waals surface area contributed by atoms with Crippen LogP contribution in [-0.4, -0.2) is 15.1 Å². The van der Waals surface area contributed by atoms with Crippen molar-refractivity contribution in [3.63, 3.8) is 0 Å². The van der Waals surface area contributed by atoms with Crippen LogP contribution in [0, 0.1) is 6.92 Å². The van der Waals surface area contributed by atoms with Crippen molar-refractivity contribution in [2.24, 2.45) is 0 Å². The van der Waals surface area contributed by atoms with Gasteiger partial charge in [-0.1, -0.05) is 26.0 Å². The Morgan fingerprint density at radius 1 is 1.43 bits per heavy atom. The van der Waals surface area contributed by atoms with Crippen molar-refractivity contribution in [2.75, 3.05) is 0 Å². The SMILES string of the molecule is CC.Cc1cccc(C(=O)NCl)c1COc1ccn(S)n1. The fourth-order valence-corrected chi connectivity index (χ4v) is 1.94. The Morgan fingerprint density at radius 2 is 2.14 bits per heavy atom. The molecule has 5 nitrogen and oxygen atoms in total.